The second-order valence-corrected chi connectivity index (χ2v) is 6.33. The van der Waals surface area contributed by atoms with Crippen LogP contribution < -0.4 is 11.1 Å². The van der Waals surface area contributed by atoms with E-state index in [9.17, 15) is 14.4 Å². The second kappa shape index (κ2) is 5.77. The number of benzene rings is 1. The first-order valence-electron chi connectivity index (χ1n) is 7.83. The summed E-state index contributed by atoms with van der Waals surface area (Å²) in [5.74, 6) is 0.401. The van der Waals surface area contributed by atoms with Crippen LogP contribution in [0.15, 0.2) is 34.7 Å². The molecule has 3 N–H and O–H groups in total. The third kappa shape index (κ3) is 2.77. The molecule has 1 saturated heterocycles. The number of urea groups is 1. The van der Waals surface area contributed by atoms with Gasteiger partial charge in [0.15, 0.2) is 0 Å². The maximum absolute atomic E-state index is 12.9. The monoisotopic (exact) mass is 341 g/mol. The van der Waals surface area contributed by atoms with Crippen molar-refractivity contribution in [1.29, 1.82) is 0 Å². The highest BCUT2D eigenvalue weighted by atomic mass is 16.3. The minimum absolute atomic E-state index is 0.106. The Morgan fingerprint density at radius 3 is 2.40 bits per heavy atom. The van der Waals surface area contributed by atoms with Crippen LogP contribution in [-0.4, -0.2) is 22.7 Å². The third-order valence-corrected chi connectivity index (χ3v) is 4.43. The number of furan rings is 1. The molecule has 0 bridgehead atoms. The first-order valence-corrected chi connectivity index (χ1v) is 7.83. The molecule has 1 aromatic heterocycles. The minimum atomic E-state index is -1.16. The Balaban J connectivity index is 1.86. The van der Waals surface area contributed by atoms with Crippen molar-refractivity contribution in [2.45, 2.75) is 32.9 Å². The maximum atomic E-state index is 12.9. The second-order valence-electron chi connectivity index (χ2n) is 6.33. The van der Waals surface area contributed by atoms with E-state index in [1.165, 1.54) is 0 Å². The summed E-state index contributed by atoms with van der Waals surface area (Å²) < 4.78 is 5.50. The van der Waals surface area contributed by atoms with Crippen LogP contribution in [0.4, 0.5) is 4.79 Å². The van der Waals surface area contributed by atoms with Crippen LogP contribution in [0.3, 0.4) is 0 Å². The van der Waals surface area contributed by atoms with E-state index in [-0.39, 0.29) is 12.5 Å². The molecule has 0 aliphatic carbocycles. The van der Waals surface area contributed by atoms with Gasteiger partial charge in [0.1, 0.15) is 17.1 Å². The van der Waals surface area contributed by atoms with E-state index in [2.05, 4.69) is 5.32 Å². The number of hydrogen-bond donors (Lipinski definition) is 2. The molecule has 0 spiro atoms. The average molecular weight is 341 g/mol. The molecular formula is C18H19N3O4. The maximum Gasteiger partial charge on any atom is 0.325 e. The Hall–Kier alpha value is -3.09. The number of aryl methyl sites for hydroxylation is 2. The lowest BCUT2D eigenvalue weighted by Crippen LogP contribution is -2.41. The molecule has 0 radical (unpaired) electrons. The van der Waals surface area contributed by atoms with Gasteiger partial charge in [0.05, 0.1) is 6.54 Å². The van der Waals surface area contributed by atoms with Crippen LogP contribution in [-0.2, 0) is 16.9 Å². The molecule has 2 aromatic rings. The normalized spacial score (nSPS) is 20.0. The van der Waals surface area contributed by atoms with Crippen LogP contribution in [0.1, 0.15) is 39.9 Å². The Labute approximate surface area is 144 Å². The van der Waals surface area contributed by atoms with Gasteiger partial charge in [-0.05, 0) is 44.5 Å². The molecule has 1 aliphatic rings. The molecule has 1 atom stereocenters. The summed E-state index contributed by atoms with van der Waals surface area (Å²) in [6, 6.07) is 7.77. The number of imide groups is 1. The first-order chi connectivity index (χ1) is 11.7. The van der Waals surface area contributed by atoms with Crippen molar-refractivity contribution in [3.8, 4) is 0 Å². The Kier molecular flexibility index (Phi) is 3.87. The van der Waals surface area contributed by atoms with Gasteiger partial charge in [-0.25, -0.2) is 4.79 Å². The van der Waals surface area contributed by atoms with Crippen molar-refractivity contribution in [3.05, 3.63) is 58.5 Å². The Bertz CT molecular complexity index is 869. The van der Waals surface area contributed by atoms with Crippen LogP contribution in [0.5, 0.6) is 0 Å². The Morgan fingerprint density at radius 2 is 1.88 bits per heavy atom. The van der Waals surface area contributed by atoms with Gasteiger partial charge in [-0.15, -0.1) is 0 Å². The van der Waals surface area contributed by atoms with E-state index in [4.69, 9.17) is 10.2 Å². The molecule has 0 unspecified atom stereocenters. The van der Waals surface area contributed by atoms with E-state index < -0.39 is 17.5 Å². The molecule has 3 rings (SSSR count). The molecule has 4 amide bonds. The summed E-state index contributed by atoms with van der Waals surface area (Å²) in [7, 11) is 0. The molecule has 7 nitrogen and oxygen atoms in total. The summed E-state index contributed by atoms with van der Waals surface area (Å²) in [4.78, 5) is 37.5. The summed E-state index contributed by atoms with van der Waals surface area (Å²) in [6.07, 6.45) is 0. The molecule has 130 valence electrons. The Morgan fingerprint density at radius 1 is 1.24 bits per heavy atom. The largest absolute Gasteiger partial charge is 0.466 e. The van der Waals surface area contributed by atoms with E-state index in [1.807, 2.05) is 0 Å². The lowest BCUT2D eigenvalue weighted by atomic mass is 9.92. The van der Waals surface area contributed by atoms with Crippen molar-refractivity contribution in [2.75, 3.05) is 0 Å². The van der Waals surface area contributed by atoms with Gasteiger partial charge in [-0.3, -0.25) is 14.5 Å². The summed E-state index contributed by atoms with van der Waals surface area (Å²) in [5.41, 5.74) is 5.79. The molecule has 1 fully saturated rings. The van der Waals surface area contributed by atoms with Crippen LogP contribution >= 0.6 is 0 Å². The van der Waals surface area contributed by atoms with Crippen LogP contribution in [0, 0.1) is 13.8 Å². The summed E-state index contributed by atoms with van der Waals surface area (Å²) >= 11 is 0. The zero-order chi connectivity index (χ0) is 18.4. The van der Waals surface area contributed by atoms with Gasteiger partial charge in [0.25, 0.3) is 5.91 Å². The van der Waals surface area contributed by atoms with Crippen molar-refractivity contribution in [2.24, 2.45) is 5.73 Å². The standard InChI is InChI=1S/C18H19N3O4/c1-10-8-14(11(2)25-10)18(3)16(23)21(17(24)20-18)9-12-4-6-13(7-5-12)15(19)22/h4-8H,9H2,1-3H3,(H2,19,22)(H,20,24)/t18-/m1/s1. The number of hydrogen-bond acceptors (Lipinski definition) is 4. The van der Waals surface area contributed by atoms with Gasteiger partial charge in [-0.1, -0.05) is 12.1 Å². The van der Waals surface area contributed by atoms with E-state index in [0.29, 0.717) is 22.6 Å². The van der Waals surface area contributed by atoms with E-state index >= 15 is 0 Å². The predicted octanol–water partition coefficient (Wildman–Crippen LogP) is 1.96. The molecule has 2 heterocycles. The third-order valence-electron chi connectivity index (χ3n) is 4.43. The SMILES string of the molecule is Cc1cc([C@@]2(C)NC(=O)N(Cc3ccc(C(N)=O)cc3)C2=O)c(C)o1. The highest BCUT2D eigenvalue weighted by Crippen LogP contribution is 2.33. The number of nitrogens with one attached hydrogen (secondary N) is 1. The van der Waals surface area contributed by atoms with Crippen molar-refractivity contribution < 1.29 is 18.8 Å². The number of rotatable bonds is 4. The zero-order valence-corrected chi connectivity index (χ0v) is 14.3. The lowest BCUT2D eigenvalue weighted by Gasteiger charge is -2.21. The van der Waals surface area contributed by atoms with Crippen LogP contribution in [0.2, 0.25) is 0 Å². The summed E-state index contributed by atoms with van der Waals surface area (Å²) in [6.45, 7) is 5.33. The molecule has 25 heavy (non-hydrogen) atoms. The molecular weight excluding hydrogens is 322 g/mol. The number of primary amides is 1. The zero-order valence-electron chi connectivity index (χ0n) is 14.3. The van der Waals surface area contributed by atoms with Gasteiger partial charge in [0.2, 0.25) is 5.91 Å². The van der Waals surface area contributed by atoms with Gasteiger partial charge in [0, 0.05) is 11.1 Å². The first kappa shape index (κ1) is 16.8. The highest BCUT2D eigenvalue weighted by Gasteiger charge is 2.50. The minimum Gasteiger partial charge on any atom is -0.466 e. The molecule has 1 aromatic carbocycles. The van der Waals surface area contributed by atoms with Gasteiger partial charge < -0.3 is 15.5 Å². The number of nitrogens with zero attached hydrogens (tertiary/aromatic N) is 1. The van der Waals surface area contributed by atoms with Gasteiger partial charge >= 0.3 is 6.03 Å². The van der Waals surface area contributed by atoms with E-state index in [1.54, 1.807) is 51.1 Å². The topological polar surface area (TPSA) is 106 Å². The number of carbonyl (C=O) groups excluding carboxylic acids is 3. The van der Waals surface area contributed by atoms with Crippen molar-refractivity contribution in [1.82, 2.24) is 10.2 Å². The van der Waals surface area contributed by atoms with E-state index in [0.717, 1.165) is 10.5 Å². The van der Waals surface area contributed by atoms with Crippen molar-refractivity contribution >= 4 is 17.8 Å². The predicted molar refractivity (Wildman–Crippen MR) is 89.6 cm³/mol. The molecule has 0 saturated carbocycles. The number of amides is 4. The van der Waals surface area contributed by atoms with Gasteiger partial charge in [-0.2, -0.15) is 0 Å². The fourth-order valence-corrected chi connectivity index (χ4v) is 3.11. The highest BCUT2D eigenvalue weighted by molar-refractivity contribution is 6.07. The average Bonchev–Trinajstić information content (AvgIpc) is 3.00. The quantitative estimate of drug-likeness (QED) is 0.829. The number of carbonyl (C=O) groups is 3. The smallest absolute Gasteiger partial charge is 0.325 e. The fraction of sp³-hybridized carbons (Fsp3) is 0.278. The summed E-state index contributed by atoms with van der Waals surface area (Å²) in [5, 5.41) is 2.75. The van der Waals surface area contributed by atoms with Crippen LogP contribution in [0.25, 0.3) is 0 Å². The fourth-order valence-electron chi connectivity index (χ4n) is 3.11. The molecule has 1 aliphatic heterocycles. The lowest BCUT2D eigenvalue weighted by molar-refractivity contribution is -0.131. The van der Waals surface area contributed by atoms with Crippen molar-refractivity contribution in [3.63, 3.8) is 0 Å². The number of nitrogens with two attached hydrogens (primary N) is 1. The molecule has 7 heteroatoms.